The maximum Gasteiger partial charge on any atom is 0.303 e. The number of aliphatic carboxylic acids is 1. The number of carboxylic acids is 1. The minimum atomic E-state index is -0.833. The Labute approximate surface area is 158 Å². The lowest BCUT2D eigenvalue weighted by Gasteiger charge is -2.28. The van der Waals surface area contributed by atoms with Gasteiger partial charge in [0.05, 0.1) is 18.5 Å². The number of rotatable bonds is 8. The highest BCUT2D eigenvalue weighted by molar-refractivity contribution is 7.81. The fourth-order valence-corrected chi connectivity index (χ4v) is 2.82. The summed E-state index contributed by atoms with van der Waals surface area (Å²) in [5.74, 6) is -1.02. The Balaban J connectivity index is 1.90. The Morgan fingerprint density at radius 1 is 1.50 bits per heavy atom. The Morgan fingerprint density at radius 3 is 2.96 bits per heavy atom. The summed E-state index contributed by atoms with van der Waals surface area (Å²) >= 11 is 4.35. The third kappa shape index (κ3) is 6.80. The average molecular weight is 382 g/mol. The van der Waals surface area contributed by atoms with E-state index < -0.39 is 10.7 Å². The summed E-state index contributed by atoms with van der Waals surface area (Å²) in [7, 11) is 0. The van der Waals surface area contributed by atoms with Crippen molar-refractivity contribution in [2.75, 3.05) is 6.61 Å². The number of hydrogen-bond donors (Lipinski definition) is 4. The van der Waals surface area contributed by atoms with E-state index in [9.17, 15) is 9.59 Å². The second-order valence-corrected chi connectivity index (χ2v) is 8.19. The van der Waals surface area contributed by atoms with Gasteiger partial charge in [-0.3, -0.25) is 14.6 Å². The van der Waals surface area contributed by atoms with E-state index >= 15 is 0 Å². The molecule has 0 radical (unpaired) electrons. The van der Waals surface area contributed by atoms with E-state index in [0.717, 1.165) is 36.4 Å². The van der Waals surface area contributed by atoms with Crippen LogP contribution < -0.4 is 10.7 Å². The van der Waals surface area contributed by atoms with Gasteiger partial charge in [0.2, 0.25) is 5.91 Å². The highest BCUT2D eigenvalue weighted by Crippen LogP contribution is 2.24. The zero-order chi connectivity index (χ0) is 19.2. The van der Waals surface area contributed by atoms with Crippen LogP contribution in [0.5, 0.6) is 0 Å². The van der Waals surface area contributed by atoms with Crippen LogP contribution in [0.2, 0.25) is 0 Å². The van der Waals surface area contributed by atoms with Crippen LogP contribution in [0.4, 0.5) is 0 Å². The van der Waals surface area contributed by atoms with Crippen LogP contribution in [0.1, 0.15) is 52.4 Å². The summed E-state index contributed by atoms with van der Waals surface area (Å²) in [5.41, 5.74) is 5.00. The smallest absolute Gasteiger partial charge is 0.303 e. The molecule has 0 aromatic rings. The van der Waals surface area contributed by atoms with Gasteiger partial charge in [-0.25, -0.2) is 5.43 Å². The minimum absolute atomic E-state index is 0.0808. The van der Waals surface area contributed by atoms with Gasteiger partial charge in [0, 0.05) is 23.3 Å². The van der Waals surface area contributed by atoms with Crippen LogP contribution in [0.25, 0.3) is 0 Å². The van der Waals surface area contributed by atoms with Crippen LogP contribution in [0.15, 0.2) is 21.5 Å². The molecule has 26 heavy (non-hydrogen) atoms. The van der Waals surface area contributed by atoms with E-state index in [1.54, 1.807) is 6.21 Å². The Bertz CT molecular complexity index is 637. The molecule has 144 valence electrons. The topological polar surface area (TPSA) is 112 Å². The quantitative estimate of drug-likeness (QED) is 0.291. The Morgan fingerprint density at radius 2 is 2.27 bits per heavy atom. The molecule has 0 bridgehead atoms. The molecule has 1 aliphatic carbocycles. The highest BCUT2D eigenvalue weighted by atomic mass is 32.1. The summed E-state index contributed by atoms with van der Waals surface area (Å²) in [6, 6.07) is 0. The first-order valence-corrected chi connectivity index (χ1v) is 9.15. The number of nitrogens with zero attached hydrogens (tertiary/aromatic N) is 2. The zero-order valence-electron chi connectivity index (χ0n) is 15.1. The van der Waals surface area contributed by atoms with Gasteiger partial charge in [0.15, 0.2) is 6.23 Å². The molecule has 3 N–H and O–H groups in total. The first-order valence-electron chi connectivity index (χ1n) is 8.70. The zero-order valence-corrected chi connectivity index (χ0v) is 16.0. The molecule has 0 saturated heterocycles. The molecule has 0 spiro atoms. The number of carbonyl (C=O) groups excluding carboxylic acids is 1. The van der Waals surface area contributed by atoms with Crippen LogP contribution in [0, 0.1) is 0 Å². The SMILES string of the molecule is CC(C)(S)CC(=O)NN=C1CCCC2=C1N=CC(OCCCC(=O)O)N2. The van der Waals surface area contributed by atoms with Crippen molar-refractivity contribution in [3.63, 3.8) is 0 Å². The van der Waals surface area contributed by atoms with Crippen LogP contribution >= 0.6 is 12.6 Å². The fourth-order valence-electron chi connectivity index (χ4n) is 2.68. The molecule has 0 fully saturated rings. The van der Waals surface area contributed by atoms with Crippen molar-refractivity contribution in [1.82, 2.24) is 10.7 Å². The maximum absolute atomic E-state index is 11.9. The third-order valence-corrected chi connectivity index (χ3v) is 3.95. The van der Waals surface area contributed by atoms with E-state index in [2.05, 4.69) is 33.5 Å². The molecule has 0 aromatic heterocycles. The fraction of sp³-hybridized carbons (Fsp3) is 0.647. The normalized spacial score (nSPS) is 21.3. The van der Waals surface area contributed by atoms with Crippen molar-refractivity contribution in [2.24, 2.45) is 10.1 Å². The molecule has 1 atom stereocenters. The lowest BCUT2D eigenvalue weighted by atomic mass is 9.98. The predicted molar refractivity (Wildman–Crippen MR) is 102 cm³/mol. The van der Waals surface area contributed by atoms with Crippen molar-refractivity contribution in [1.29, 1.82) is 0 Å². The van der Waals surface area contributed by atoms with Crippen molar-refractivity contribution in [2.45, 2.75) is 63.3 Å². The molecule has 2 aliphatic rings. The van der Waals surface area contributed by atoms with E-state index in [0.29, 0.717) is 13.0 Å². The summed E-state index contributed by atoms with van der Waals surface area (Å²) in [6.07, 6.45) is 4.54. The molecular formula is C17H26N4O4S. The first-order chi connectivity index (χ1) is 12.2. The molecule has 1 unspecified atom stereocenters. The van der Waals surface area contributed by atoms with Crippen molar-refractivity contribution >= 4 is 36.4 Å². The van der Waals surface area contributed by atoms with E-state index in [4.69, 9.17) is 9.84 Å². The van der Waals surface area contributed by atoms with Crippen LogP contribution in [0.3, 0.4) is 0 Å². The van der Waals surface area contributed by atoms with Gasteiger partial charge in [0.1, 0.15) is 5.70 Å². The third-order valence-electron chi connectivity index (χ3n) is 3.80. The largest absolute Gasteiger partial charge is 0.481 e. The summed E-state index contributed by atoms with van der Waals surface area (Å²) in [4.78, 5) is 26.9. The Kier molecular flexibility index (Phi) is 7.22. The number of amides is 1. The minimum Gasteiger partial charge on any atom is -0.481 e. The van der Waals surface area contributed by atoms with E-state index in [-0.39, 0.29) is 25.0 Å². The van der Waals surface area contributed by atoms with Crippen molar-refractivity contribution < 1.29 is 19.4 Å². The number of carboxylic acid groups (broad SMARTS) is 1. The molecule has 2 rings (SSSR count). The lowest BCUT2D eigenvalue weighted by molar-refractivity contribution is -0.137. The maximum atomic E-state index is 11.9. The van der Waals surface area contributed by atoms with Gasteiger partial charge in [-0.15, -0.1) is 0 Å². The van der Waals surface area contributed by atoms with E-state index in [1.165, 1.54) is 0 Å². The van der Waals surface area contributed by atoms with Crippen molar-refractivity contribution in [3.05, 3.63) is 11.4 Å². The number of hydrogen-bond acceptors (Lipinski definition) is 7. The molecular weight excluding hydrogens is 356 g/mol. The number of thiol groups is 1. The molecule has 1 heterocycles. The van der Waals surface area contributed by atoms with Gasteiger partial charge in [-0.05, 0) is 25.7 Å². The standard InChI is InChI=1S/C17H26N4O4S/c1-17(2,26)9-13(22)21-20-12-6-3-5-11-16(12)18-10-14(19-11)25-8-4-7-15(23)24/h10,14,19,26H,3-9H2,1-2H3,(H,21,22)(H,23,24). The van der Waals surface area contributed by atoms with Gasteiger partial charge >= 0.3 is 5.97 Å². The molecule has 0 saturated carbocycles. The van der Waals surface area contributed by atoms with Gasteiger partial charge in [-0.1, -0.05) is 13.8 Å². The first kappa shape index (κ1) is 20.4. The lowest BCUT2D eigenvalue weighted by Crippen LogP contribution is -2.38. The number of aliphatic imine (C=N–C) groups is 1. The highest BCUT2D eigenvalue weighted by Gasteiger charge is 2.25. The molecule has 0 aromatic carbocycles. The monoisotopic (exact) mass is 382 g/mol. The number of nitrogens with one attached hydrogen (secondary N) is 2. The number of allylic oxidation sites excluding steroid dienone is 2. The molecule has 1 aliphatic heterocycles. The van der Waals surface area contributed by atoms with Gasteiger partial charge in [0.25, 0.3) is 0 Å². The second-order valence-electron chi connectivity index (χ2n) is 6.97. The summed E-state index contributed by atoms with van der Waals surface area (Å²) < 4.78 is 5.20. The average Bonchev–Trinajstić information content (AvgIpc) is 2.55. The summed E-state index contributed by atoms with van der Waals surface area (Å²) in [6.45, 7) is 4.08. The number of ether oxygens (including phenoxy) is 1. The van der Waals surface area contributed by atoms with Gasteiger partial charge in [-0.2, -0.15) is 17.7 Å². The van der Waals surface area contributed by atoms with Crippen LogP contribution in [-0.4, -0.2) is 46.5 Å². The Hall–Kier alpha value is -1.87. The number of hydrazone groups is 1. The van der Waals surface area contributed by atoms with Gasteiger partial charge < -0.3 is 15.2 Å². The molecule has 1 amide bonds. The second kappa shape index (κ2) is 9.18. The van der Waals surface area contributed by atoms with E-state index in [1.807, 2.05) is 13.8 Å². The summed E-state index contributed by atoms with van der Waals surface area (Å²) in [5, 5.41) is 16.1. The number of carbonyl (C=O) groups is 2. The van der Waals surface area contributed by atoms with Crippen LogP contribution in [-0.2, 0) is 14.3 Å². The predicted octanol–water partition coefficient (Wildman–Crippen LogP) is 1.83. The van der Waals surface area contributed by atoms with Crippen molar-refractivity contribution in [3.8, 4) is 0 Å². The molecule has 9 heteroatoms. The molecule has 8 nitrogen and oxygen atoms in total.